The molecule has 110 valence electrons. The largest absolute Gasteiger partial charge is 0.355 e. The number of nitrogens with one attached hydrogen (secondary N) is 1. The molecule has 0 aliphatic heterocycles. The standard InChI is InChI=1S/C20H25N/c1-15-8-9-16(2)20(14-15)21-19-12-10-18(11-13-19)17-6-4-3-5-7-17/h8-14,17,21H,3-7H2,1-2H3. The van der Waals surface area contributed by atoms with Crippen LogP contribution in [0.5, 0.6) is 0 Å². The molecule has 2 aromatic carbocycles. The molecular weight excluding hydrogens is 254 g/mol. The van der Waals surface area contributed by atoms with E-state index in [0.717, 1.165) is 5.92 Å². The Balaban J connectivity index is 1.73. The quantitative estimate of drug-likeness (QED) is 0.716. The second kappa shape index (κ2) is 6.34. The topological polar surface area (TPSA) is 12.0 Å². The zero-order valence-electron chi connectivity index (χ0n) is 13.2. The summed E-state index contributed by atoms with van der Waals surface area (Å²) in [7, 11) is 0. The highest BCUT2D eigenvalue weighted by Gasteiger charge is 2.15. The first-order chi connectivity index (χ1) is 10.2. The maximum Gasteiger partial charge on any atom is 0.0416 e. The maximum atomic E-state index is 3.54. The number of hydrogen-bond donors (Lipinski definition) is 1. The molecule has 1 aliphatic rings. The van der Waals surface area contributed by atoms with Crippen molar-refractivity contribution in [2.75, 3.05) is 5.32 Å². The van der Waals surface area contributed by atoms with E-state index in [2.05, 4.69) is 61.6 Å². The van der Waals surface area contributed by atoms with Crippen LogP contribution in [0.2, 0.25) is 0 Å². The average molecular weight is 279 g/mol. The third-order valence-electron chi connectivity index (χ3n) is 4.66. The molecule has 1 aliphatic carbocycles. The Morgan fingerprint density at radius 2 is 1.57 bits per heavy atom. The molecule has 0 heterocycles. The van der Waals surface area contributed by atoms with E-state index in [9.17, 15) is 0 Å². The first-order valence-corrected chi connectivity index (χ1v) is 8.16. The summed E-state index contributed by atoms with van der Waals surface area (Å²) < 4.78 is 0. The van der Waals surface area contributed by atoms with Crippen LogP contribution in [0.25, 0.3) is 0 Å². The molecular formula is C20H25N. The highest BCUT2D eigenvalue weighted by molar-refractivity contribution is 5.64. The molecule has 1 nitrogen and oxygen atoms in total. The van der Waals surface area contributed by atoms with E-state index < -0.39 is 0 Å². The Bertz CT molecular complexity index is 592. The van der Waals surface area contributed by atoms with Crippen LogP contribution in [0, 0.1) is 13.8 Å². The van der Waals surface area contributed by atoms with Crippen molar-refractivity contribution in [3.05, 3.63) is 59.2 Å². The van der Waals surface area contributed by atoms with Crippen LogP contribution < -0.4 is 5.32 Å². The molecule has 0 radical (unpaired) electrons. The van der Waals surface area contributed by atoms with Crippen LogP contribution in [0.4, 0.5) is 11.4 Å². The Hall–Kier alpha value is -1.76. The maximum absolute atomic E-state index is 3.54. The first kappa shape index (κ1) is 14.2. The lowest BCUT2D eigenvalue weighted by Crippen LogP contribution is -2.04. The molecule has 0 atom stereocenters. The SMILES string of the molecule is Cc1ccc(C)c(Nc2ccc(C3CCCCC3)cc2)c1. The number of hydrogen-bond acceptors (Lipinski definition) is 1. The van der Waals surface area contributed by atoms with E-state index >= 15 is 0 Å². The van der Waals surface area contributed by atoms with Crippen molar-refractivity contribution >= 4 is 11.4 Å². The third-order valence-corrected chi connectivity index (χ3v) is 4.66. The van der Waals surface area contributed by atoms with Gasteiger partial charge >= 0.3 is 0 Å². The average Bonchev–Trinajstić information content (AvgIpc) is 2.53. The molecule has 0 amide bonds. The molecule has 1 heteroatoms. The molecule has 1 fully saturated rings. The van der Waals surface area contributed by atoms with E-state index in [4.69, 9.17) is 0 Å². The van der Waals surface area contributed by atoms with Gasteiger partial charge < -0.3 is 5.32 Å². The van der Waals surface area contributed by atoms with Gasteiger partial charge in [-0.2, -0.15) is 0 Å². The highest BCUT2D eigenvalue weighted by Crippen LogP contribution is 2.33. The van der Waals surface area contributed by atoms with Crippen LogP contribution in [0.3, 0.4) is 0 Å². The van der Waals surface area contributed by atoms with E-state index in [1.54, 1.807) is 0 Å². The number of rotatable bonds is 3. The normalized spacial score (nSPS) is 15.9. The second-order valence-electron chi connectivity index (χ2n) is 6.40. The lowest BCUT2D eigenvalue weighted by Gasteiger charge is -2.22. The first-order valence-electron chi connectivity index (χ1n) is 8.16. The van der Waals surface area contributed by atoms with Crippen LogP contribution >= 0.6 is 0 Å². The predicted octanol–water partition coefficient (Wildman–Crippen LogP) is 6.09. The van der Waals surface area contributed by atoms with Gasteiger partial charge in [0.05, 0.1) is 0 Å². The van der Waals surface area contributed by atoms with E-state index in [1.165, 1.54) is 60.2 Å². The highest BCUT2D eigenvalue weighted by atomic mass is 14.9. The van der Waals surface area contributed by atoms with Gasteiger partial charge in [0.15, 0.2) is 0 Å². The Kier molecular flexibility index (Phi) is 4.28. The van der Waals surface area contributed by atoms with Gasteiger partial charge in [0.2, 0.25) is 0 Å². The van der Waals surface area contributed by atoms with E-state index in [0.29, 0.717) is 0 Å². The fourth-order valence-corrected chi connectivity index (χ4v) is 3.30. The molecule has 3 rings (SSSR count). The van der Waals surface area contributed by atoms with Crippen molar-refractivity contribution in [1.29, 1.82) is 0 Å². The Morgan fingerprint density at radius 1 is 0.857 bits per heavy atom. The van der Waals surface area contributed by atoms with Crippen molar-refractivity contribution in [1.82, 2.24) is 0 Å². The fraction of sp³-hybridized carbons (Fsp3) is 0.400. The second-order valence-corrected chi connectivity index (χ2v) is 6.40. The lowest BCUT2D eigenvalue weighted by molar-refractivity contribution is 0.443. The molecule has 1 N–H and O–H groups in total. The van der Waals surface area contributed by atoms with Crippen LogP contribution in [-0.4, -0.2) is 0 Å². The number of anilines is 2. The predicted molar refractivity (Wildman–Crippen MR) is 91.5 cm³/mol. The van der Waals surface area contributed by atoms with Crippen LogP contribution in [0.15, 0.2) is 42.5 Å². The smallest absolute Gasteiger partial charge is 0.0416 e. The summed E-state index contributed by atoms with van der Waals surface area (Å²) in [6.07, 6.45) is 6.94. The third kappa shape index (κ3) is 3.47. The van der Waals surface area contributed by atoms with Gasteiger partial charge in [-0.1, -0.05) is 43.5 Å². The van der Waals surface area contributed by atoms with E-state index in [1.807, 2.05) is 0 Å². The van der Waals surface area contributed by atoms with Crippen molar-refractivity contribution in [2.45, 2.75) is 51.9 Å². The van der Waals surface area contributed by atoms with Gasteiger partial charge in [0.1, 0.15) is 0 Å². The van der Waals surface area contributed by atoms with Gasteiger partial charge in [0.25, 0.3) is 0 Å². The van der Waals surface area contributed by atoms with Gasteiger partial charge in [-0.25, -0.2) is 0 Å². The van der Waals surface area contributed by atoms with E-state index in [-0.39, 0.29) is 0 Å². The summed E-state index contributed by atoms with van der Waals surface area (Å²) in [6.45, 7) is 4.29. The summed E-state index contributed by atoms with van der Waals surface area (Å²) in [4.78, 5) is 0. The Morgan fingerprint density at radius 3 is 2.29 bits per heavy atom. The van der Waals surface area contributed by atoms with Crippen molar-refractivity contribution in [3.63, 3.8) is 0 Å². The minimum absolute atomic E-state index is 0.786. The number of aryl methyl sites for hydroxylation is 2. The summed E-state index contributed by atoms with van der Waals surface area (Å²) >= 11 is 0. The molecule has 0 spiro atoms. The molecule has 0 bridgehead atoms. The molecule has 21 heavy (non-hydrogen) atoms. The Labute approximate surface area is 128 Å². The molecule has 0 unspecified atom stereocenters. The fourth-order valence-electron chi connectivity index (χ4n) is 3.30. The lowest BCUT2D eigenvalue weighted by atomic mass is 9.84. The van der Waals surface area contributed by atoms with Crippen LogP contribution in [-0.2, 0) is 0 Å². The summed E-state index contributed by atoms with van der Waals surface area (Å²) in [5.41, 5.74) is 6.49. The number of benzene rings is 2. The summed E-state index contributed by atoms with van der Waals surface area (Å²) in [5, 5.41) is 3.54. The zero-order chi connectivity index (χ0) is 14.7. The monoisotopic (exact) mass is 279 g/mol. The summed E-state index contributed by atoms with van der Waals surface area (Å²) in [6, 6.07) is 15.6. The molecule has 0 aromatic heterocycles. The van der Waals surface area contributed by atoms with Crippen molar-refractivity contribution in [2.24, 2.45) is 0 Å². The molecule has 2 aromatic rings. The van der Waals surface area contributed by atoms with Gasteiger partial charge in [-0.05, 0) is 67.5 Å². The minimum Gasteiger partial charge on any atom is -0.355 e. The van der Waals surface area contributed by atoms with Crippen molar-refractivity contribution in [3.8, 4) is 0 Å². The zero-order valence-corrected chi connectivity index (χ0v) is 13.2. The summed E-state index contributed by atoms with van der Waals surface area (Å²) in [5.74, 6) is 0.786. The van der Waals surface area contributed by atoms with Gasteiger partial charge in [-0.15, -0.1) is 0 Å². The molecule has 1 saturated carbocycles. The van der Waals surface area contributed by atoms with Gasteiger partial charge in [-0.3, -0.25) is 0 Å². The minimum atomic E-state index is 0.786. The van der Waals surface area contributed by atoms with Gasteiger partial charge in [0, 0.05) is 11.4 Å². The van der Waals surface area contributed by atoms with Crippen molar-refractivity contribution < 1.29 is 0 Å². The van der Waals surface area contributed by atoms with Crippen LogP contribution in [0.1, 0.15) is 54.7 Å². The molecule has 0 saturated heterocycles.